The van der Waals surface area contributed by atoms with Crippen LogP contribution in [0.2, 0.25) is 0 Å². The van der Waals surface area contributed by atoms with Crippen molar-refractivity contribution in [1.82, 2.24) is 9.78 Å². The minimum Gasteiger partial charge on any atom is -0.358 e. The Bertz CT molecular complexity index is 432. The number of benzene rings is 1. The molecule has 0 saturated heterocycles. The fraction of sp³-hybridized carbons (Fsp3) is 0.429. The van der Waals surface area contributed by atoms with Crippen molar-refractivity contribution in [3.63, 3.8) is 0 Å². The SMILES string of the molecule is CCC(CC)Cn1ncc2c[c-]ccc21.[CH3-].[K+]. The van der Waals surface area contributed by atoms with Crippen LogP contribution in [0.4, 0.5) is 0 Å². The zero-order chi connectivity index (χ0) is 10.7. The van der Waals surface area contributed by atoms with Crippen molar-refractivity contribution in [2.75, 3.05) is 0 Å². The van der Waals surface area contributed by atoms with Gasteiger partial charge in [0.15, 0.2) is 0 Å². The first-order valence-corrected chi connectivity index (χ1v) is 5.66. The largest absolute Gasteiger partial charge is 1.00 e. The summed E-state index contributed by atoms with van der Waals surface area (Å²) < 4.78 is 2.11. The van der Waals surface area contributed by atoms with Crippen molar-refractivity contribution in [1.29, 1.82) is 0 Å². The van der Waals surface area contributed by atoms with Gasteiger partial charge < -0.3 is 7.43 Å². The van der Waals surface area contributed by atoms with E-state index in [9.17, 15) is 0 Å². The summed E-state index contributed by atoms with van der Waals surface area (Å²) in [6.45, 7) is 5.52. The standard InChI is InChI=1S/C13H17N2.CH3.K/c1-3-11(4-2)10-15-13-8-6-5-7-12(13)9-14-15;;/h6-9,11H,3-4,10H2,1-2H3;1H3;/q2*-1;+1. The van der Waals surface area contributed by atoms with Crippen LogP contribution in [-0.2, 0) is 6.54 Å². The summed E-state index contributed by atoms with van der Waals surface area (Å²) in [4.78, 5) is 0. The molecule has 0 atom stereocenters. The second-order valence-corrected chi connectivity index (χ2v) is 3.99. The summed E-state index contributed by atoms with van der Waals surface area (Å²) in [5.74, 6) is 0.734. The van der Waals surface area contributed by atoms with E-state index in [1.807, 2.05) is 18.3 Å². The van der Waals surface area contributed by atoms with E-state index in [0.29, 0.717) is 0 Å². The number of aromatic nitrogens is 2. The molecule has 17 heavy (non-hydrogen) atoms. The Morgan fingerprint density at radius 3 is 2.71 bits per heavy atom. The van der Waals surface area contributed by atoms with Gasteiger partial charge in [-0.25, -0.2) is 0 Å². The van der Waals surface area contributed by atoms with Crippen LogP contribution in [0.15, 0.2) is 24.4 Å². The number of fused-ring (bicyclic) bond motifs is 1. The minimum atomic E-state index is 0. The summed E-state index contributed by atoms with van der Waals surface area (Å²) in [6, 6.07) is 9.11. The van der Waals surface area contributed by atoms with Gasteiger partial charge in [0, 0.05) is 12.7 Å². The van der Waals surface area contributed by atoms with Gasteiger partial charge in [-0.1, -0.05) is 32.1 Å². The van der Waals surface area contributed by atoms with Crippen LogP contribution in [0.3, 0.4) is 0 Å². The second-order valence-electron chi connectivity index (χ2n) is 3.99. The van der Waals surface area contributed by atoms with Gasteiger partial charge >= 0.3 is 51.4 Å². The summed E-state index contributed by atoms with van der Waals surface area (Å²) >= 11 is 0. The van der Waals surface area contributed by atoms with Crippen LogP contribution in [0.25, 0.3) is 10.9 Å². The predicted molar refractivity (Wildman–Crippen MR) is 69.1 cm³/mol. The molecule has 0 spiro atoms. The Morgan fingerprint density at radius 1 is 1.35 bits per heavy atom. The molecule has 0 aliphatic rings. The molecule has 0 amide bonds. The molecule has 0 bridgehead atoms. The van der Waals surface area contributed by atoms with Crippen molar-refractivity contribution in [3.05, 3.63) is 37.9 Å². The Balaban J connectivity index is 0.00000128. The van der Waals surface area contributed by atoms with Crippen molar-refractivity contribution in [2.24, 2.45) is 5.92 Å². The first-order chi connectivity index (χ1) is 7.35. The number of hydrogen-bond donors (Lipinski definition) is 0. The zero-order valence-electron chi connectivity index (χ0n) is 11.4. The monoisotopic (exact) mass is 255 g/mol. The third-order valence-electron chi connectivity index (χ3n) is 3.07. The zero-order valence-corrected chi connectivity index (χ0v) is 14.5. The van der Waals surface area contributed by atoms with Crippen molar-refractivity contribution >= 4 is 10.9 Å². The molecule has 1 heterocycles. The van der Waals surface area contributed by atoms with Crippen LogP contribution in [0.1, 0.15) is 26.7 Å². The number of nitrogens with zero attached hydrogens (tertiary/aromatic N) is 2. The van der Waals surface area contributed by atoms with Crippen molar-refractivity contribution in [3.8, 4) is 0 Å². The summed E-state index contributed by atoms with van der Waals surface area (Å²) in [5.41, 5.74) is 1.22. The van der Waals surface area contributed by atoms with Gasteiger partial charge in [-0.3, -0.25) is 4.68 Å². The van der Waals surface area contributed by atoms with E-state index in [-0.39, 0.29) is 58.8 Å². The van der Waals surface area contributed by atoms with Gasteiger partial charge in [0.2, 0.25) is 0 Å². The van der Waals surface area contributed by atoms with Gasteiger partial charge in [-0.15, -0.1) is 6.07 Å². The van der Waals surface area contributed by atoms with Crippen molar-refractivity contribution in [2.45, 2.75) is 33.2 Å². The quantitative estimate of drug-likeness (QED) is 0.582. The van der Waals surface area contributed by atoms with Gasteiger partial charge in [0.05, 0.1) is 0 Å². The number of hydrogen-bond acceptors (Lipinski definition) is 1. The molecule has 1 aromatic heterocycles. The fourth-order valence-electron chi connectivity index (χ4n) is 1.90. The van der Waals surface area contributed by atoms with Crippen LogP contribution >= 0.6 is 0 Å². The molecule has 2 nitrogen and oxygen atoms in total. The third kappa shape index (κ3) is 4.18. The molecule has 0 unspecified atom stereocenters. The molecule has 88 valence electrons. The summed E-state index contributed by atoms with van der Waals surface area (Å²) in [7, 11) is 0. The molecular weight excluding hydrogens is 235 g/mol. The second kappa shape index (κ2) is 8.43. The molecule has 2 aromatic rings. The average Bonchev–Trinajstić information content (AvgIpc) is 2.69. The van der Waals surface area contributed by atoms with E-state index in [2.05, 4.69) is 35.8 Å². The molecule has 2 rings (SSSR count). The maximum atomic E-state index is 4.43. The maximum Gasteiger partial charge on any atom is 1.00 e. The van der Waals surface area contributed by atoms with Gasteiger partial charge in [-0.2, -0.15) is 23.3 Å². The van der Waals surface area contributed by atoms with Crippen LogP contribution in [0, 0.1) is 19.4 Å². The molecule has 0 saturated carbocycles. The maximum absolute atomic E-state index is 4.43. The molecule has 3 heteroatoms. The van der Waals surface area contributed by atoms with E-state index in [1.54, 1.807) is 0 Å². The van der Waals surface area contributed by atoms with Crippen LogP contribution < -0.4 is 51.4 Å². The Morgan fingerprint density at radius 2 is 2.06 bits per heavy atom. The van der Waals surface area contributed by atoms with Gasteiger partial charge in [-0.05, 0) is 11.4 Å². The van der Waals surface area contributed by atoms with E-state index in [1.165, 1.54) is 23.7 Å². The van der Waals surface area contributed by atoms with Crippen molar-refractivity contribution < 1.29 is 51.4 Å². The Labute approximate surface area is 147 Å². The smallest absolute Gasteiger partial charge is 0.358 e. The number of rotatable bonds is 4. The molecule has 0 radical (unpaired) electrons. The Hall–Kier alpha value is 0.326. The third-order valence-corrected chi connectivity index (χ3v) is 3.07. The van der Waals surface area contributed by atoms with Crippen LogP contribution in [0.5, 0.6) is 0 Å². The van der Waals surface area contributed by atoms with E-state index >= 15 is 0 Å². The predicted octanol–water partition coefficient (Wildman–Crippen LogP) is 0.727. The first-order valence-electron chi connectivity index (χ1n) is 5.66. The molecule has 0 fully saturated rings. The minimum absolute atomic E-state index is 0. The van der Waals surface area contributed by atoms with Gasteiger partial charge in [0.1, 0.15) is 0 Å². The normalized spacial score (nSPS) is 10.1. The molecule has 0 N–H and O–H groups in total. The fourth-order valence-corrected chi connectivity index (χ4v) is 1.90. The topological polar surface area (TPSA) is 17.8 Å². The Kier molecular flexibility index (Phi) is 8.59. The van der Waals surface area contributed by atoms with Gasteiger partial charge in [0.25, 0.3) is 0 Å². The molecular formula is C14H20KN2-. The van der Waals surface area contributed by atoms with Crippen LogP contribution in [-0.4, -0.2) is 9.78 Å². The summed E-state index contributed by atoms with van der Waals surface area (Å²) in [6.07, 6.45) is 4.36. The average molecular weight is 255 g/mol. The van der Waals surface area contributed by atoms with E-state index < -0.39 is 0 Å². The first kappa shape index (κ1) is 17.3. The molecule has 1 aromatic carbocycles. The molecule has 0 aliphatic carbocycles. The molecule has 0 aliphatic heterocycles. The van der Waals surface area contributed by atoms with E-state index in [4.69, 9.17) is 0 Å². The summed E-state index contributed by atoms with van der Waals surface area (Å²) in [5, 5.41) is 5.61. The van der Waals surface area contributed by atoms with E-state index in [0.717, 1.165) is 12.5 Å².